The lowest BCUT2D eigenvalue weighted by atomic mass is 10.5. The van der Waals surface area contributed by atoms with Crippen LogP contribution in [-0.2, 0) is 5.11 Å². The van der Waals surface area contributed by atoms with Crippen LogP contribution < -0.4 is 0 Å². The first-order chi connectivity index (χ1) is 3.80. The number of carbonyl (C=O) groups is 1. The second-order valence-corrected chi connectivity index (χ2v) is 2.00. The first-order valence-electron chi connectivity index (χ1n) is 1.93. The summed E-state index contributed by atoms with van der Waals surface area (Å²) in [6.45, 7) is 0. The highest BCUT2D eigenvalue weighted by Crippen LogP contribution is 2.02. The highest BCUT2D eigenvalue weighted by molar-refractivity contribution is 7.07. The van der Waals surface area contributed by atoms with Gasteiger partial charge in [-0.1, -0.05) is 0 Å². The quantitative estimate of drug-likeness (QED) is 0.559. The molecule has 0 spiro atoms. The van der Waals surface area contributed by atoms with Gasteiger partial charge in [-0.3, -0.25) is 0 Å². The fourth-order valence-electron chi connectivity index (χ4n) is 0.321. The predicted octanol–water partition coefficient (Wildman–Crippen LogP) is 0.714. The topological polar surface area (TPSA) is 49.9 Å². The maximum absolute atomic E-state index is 9.92. The molecule has 1 aromatic heterocycles. The third kappa shape index (κ3) is 0.840. The van der Waals surface area contributed by atoms with Crippen LogP contribution in [0.4, 0.5) is 0 Å². The molecule has 3 nitrogen and oxygen atoms in total. The zero-order valence-electron chi connectivity index (χ0n) is 3.83. The number of hydrogen-bond donors (Lipinski definition) is 0. The lowest BCUT2D eigenvalue weighted by molar-refractivity contribution is 0.0579. The van der Waals surface area contributed by atoms with E-state index in [2.05, 4.69) is 4.37 Å². The summed E-state index contributed by atoms with van der Waals surface area (Å²) in [5, 5.41) is 9.92. The summed E-state index contributed by atoms with van der Waals surface area (Å²) in [5.41, 5.74) is 0. The Labute approximate surface area is 49.8 Å². The Balaban J connectivity index is 2.93. The molecule has 0 fully saturated rings. The van der Waals surface area contributed by atoms with Crippen molar-refractivity contribution in [2.75, 3.05) is 0 Å². The maximum atomic E-state index is 9.92. The van der Waals surface area contributed by atoms with Crippen molar-refractivity contribution in [1.82, 2.24) is 4.37 Å². The fraction of sp³-hybridized carbons (Fsp3) is 0. The van der Waals surface area contributed by atoms with Gasteiger partial charge in [-0.05, 0) is 17.6 Å². The van der Waals surface area contributed by atoms with Crippen molar-refractivity contribution in [2.24, 2.45) is 0 Å². The van der Waals surface area contributed by atoms with E-state index in [1.54, 1.807) is 0 Å². The Kier molecular flexibility index (Phi) is 1.26. The third-order valence-corrected chi connectivity index (χ3v) is 1.37. The molecule has 0 N–H and O–H groups in total. The van der Waals surface area contributed by atoms with E-state index in [-0.39, 0.29) is 4.88 Å². The molecule has 0 saturated carbocycles. The smallest absolute Gasteiger partial charge is 0.240 e. The first-order valence-corrected chi connectivity index (χ1v) is 2.70. The van der Waals surface area contributed by atoms with Crippen LogP contribution in [0.25, 0.3) is 0 Å². The van der Waals surface area contributed by atoms with Crippen LogP contribution in [0.3, 0.4) is 0 Å². The minimum Gasteiger partial charge on any atom is -0.240 e. The van der Waals surface area contributed by atoms with Gasteiger partial charge in [0, 0.05) is 6.20 Å². The molecule has 8 heavy (non-hydrogen) atoms. The molecule has 4 heteroatoms. The summed E-state index contributed by atoms with van der Waals surface area (Å²) in [6, 6.07) is 1.40. The zero-order chi connectivity index (χ0) is 5.98. The van der Waals surface area contributed by atoms with Crippen LogP contribution in [0.15, 0.2) is 12.3 Å². The van der Waals surface area contributed by atoms with Gasteiger partial charge in [0.2, 0.25) is 0 Å². The average Bonchev–Trinajstić information content (AvgIpc) is 2.12. The predicted molar refractivity (Wildman–Crippen MR) is 27.1 cm³/mol. The molecule has 1 aromatic rings. The Morgan fingerprint density at radius 1 is 1.75 bits per heavy atom. The molecule has 0 atom stereocenters. The standard InChI is InChI=1S/C4H2NO2S/c6-4(7)3-1-2-5-8-3/h1-2H. The van der Waals surface area contributed by atoms with Crippen LogP contribution in [0.1, 0.15) is 9.67 Å². The number of carbonyl (C=O) groups excluding carboxylic acids is 1. The van der Waals surface area contributed by atoms with Gasteiger partial charge in [-0.15, -0.1) is 0 Å². The van der Waals surface area contributed by atoms with E-state index in [0.29, 0.717) is 0 Å². The second-order valence-electron chi connectivity index (χ2n) is 1.16. The summed E-state index contributed by atoms with van der Waals surface area (Å²) >= 11 is 0.919. The number of nitrogens with zero attached hydrogens (tertiary/aromatic N) is 1. The van der Waals surface area contributed by atoms with Crippen LogP contribution in [-0.4, -0.2) is 10.3 Å². The van der Waals surface area contributed by atoms with E-state index in [0.717, 1.165) is 11.5 Å². The normalized spacial score (nSPS) is 9.00. The van der Waals surface area contributed by atoms with Crippen LogP contribution in [0, 0.1) is 0 Å². The van der Waals surface area contributed by atoms with Gasteiger partial charge in [0.1, 0.15) is 4.88 Å². The average molecular weight is 128 g/mol. The van der Waals surface area contributed by atoms with Crippen molar-refractivity contribution in [3.05, 3.63) is 17.1 Å². The van der Waals surface area contributed by atoms with Crippen molar-refractivity contribution < 1.29 is 9.90 Å². The lowest BCUT2D eigenvalue weighted by Crippen LogP contribution is -1.86. The van der Waals surface area contributed by atoms with Crippen molar-refractivity contribution in [3.63, 3.8) is 0 Å². The van der Waals surface area contributed by atoms with E-state index in [1.165, 1.54) is 12.3 Å². The number of hydrogen-bond acceptors (Lipinski definition) is 3. The van der Waals surface area contributed by atoms with Crippen molar-refractivity contribution in [2.45, 2.75) is 0 Å². The van der Waals surface area contributed by atoms with E-state index < -0.39 is 5.97 Å². The van der Waals surface area contributed by atoms with Gasteiger partial charge in [-0.25, -0.2) is 14.3 Å². The van der Waals surface area contributed by atoms with Crippen LogP contribution in [0.2, 0.25) is 0 Å². The number of rotatable bonds is 1. The van der Waals surface area contributed by atoms with E-state index in [4.69, 9.17) is 0 Å². The SMILES string of the molecule is [O]C(=O)c1ccns1. The molecular formula is C4H2NO2S. The molecule has 0 amide bonds. The Morgan fingerprint density at radius 3 is 2.75 bits per heavy atom. The van der Waals surface area contributed by atoms with E-state index >= 15 is 0 Å². The Morgan fingerprint density at radius 2 is 2.50 bits per heavy atom. The summed E-state index contributed by atoms with van der Waals surface area (Å²) in [5.74, 6) is -1.16. The molecule has 0 aromatic carbocycles. The molecule has 1 rings (SSSR count). The first kappa shape index (κ1) is 5.24. The van der Waals surface area contributed by atoms with E-state index in [9.17, 15) is 9.90 Å². The van der Waals surface area contributed by atoms with Gasteiger partial charge in [0.05, 0.1) is 0 Å². The monoisotopic (exact) mass is 128 g/mol. The molecule has 0 saturated heterocycles. The van der Waals surface area contributed by atoms with Crippen LogP contribution >= 0.6 is 11.5 Å². The minimum absolute atomic E-state index is 0.171. The second kappa shape index (κ2) is 1.92. The minimum atomic E-state index is -1.16. The largest absolute Gasteiger partial charge is 0.397 e. The molecule has 0 aliphatic rings. The molecule has 0 aliphatic heterocycles. The lowest BCUT2D eigenvalue weighted by Gasteiger charge is -1.71. The van der Waals surface area contributed by atoms with Gasteiger partial charge in [0.25, 0.3) is 0 Å². The highest BCUT2D eigenvalue weighted by Gasteiger charge is 2.03. The van der Waals surface area contributed by atoms with Gasteiger partial charge >= 0.3 is 5.97 Å². The third-order valence-electron chi connectivity index (χ3n) is 0.639. The molecular weight excluding hydrogens is 126 g/mol. The molecule has 0 aliphatic carbocycles. The van der Waals surface area contributed by atoms with Crippen molar-refractivity contribution in [3.8, 4) is 0 Å². The van der Waals surface area contributed by atoms with Gasteiger partial charge < -0.3 is 0 Å². The summed E-state index contributed by atoms with van der Waals surface area (Å²) in [4.78, 5) is 10.1. The summed E-state index contributed by atoms with van der Waals surface area (Å²) in [7, 11) is 0. The molecule has 1 heterocycles. The summed E-state index contributed by atoms with van der Waals surface area (Å²) in [6.07, 6.45) is 1.43. The molecule has 0 unspecified atom stereocenters. The highest BCUT2D eigenvalue weighted by atomic mass is 32.1. The molecule has 1 radical (unpaired) electrons. The van der Waals surface area contributed by atoms with Gasteiger partial charge in [-0.2, -0.15) is 0 Å². The van der Waals surface area contributed by atoms with Crippen molar-refractivity contribution in [1.29, 1.82) is 0 Å². The maximum Gasteiger partial charge on any atom is 0.397 e. The fourth-order valence-corrected chi connectivity index (χ4v) is 0.753. The zero-order valence-corrected chi connectivity index (χ0v) is 4.64. The van der Waals surface area contributed by atoms with Gasteiger partial charge in [0.15, 0.2) is 0 Å². The number of aromatic nitrogens is 1. The van der Waals surface area contributed by atoms with Crippen LogP contribution in [0.5, 0.6) is 0 Å². The van der Waals surface area contributed by atoms with E-state index in [1.807, 2.05) is 0 Å². The molecule has 0 bridgehead atoms. The Bertz CT molecular complexity index is 182. The molecule has 41 valence electrons. The summed E-state index contributed by atoms with van der Waals surface area (Å²) < 4.78 is 3.56. The van der Waals surface area contributed by atoms with Crippen molar-refractivity contribution >= 4 is 17.5 Å². The Hall–Kier alpha value is -0.900.